The Morgan fingerprint density at radius 2 is 2.05 bits per heavy atom. The third-order valence-electron chi connectivity index (χ3n) is 3.36. The zero-order valence-corrected chi connectivity index (χ0v) is 12.6. The van der Waals surface area contributed by atoms with Crippen LogP contribution in [0, 0.1) is 13.8 Å². The molecular formula is C15H14N4OS. The Balaban J connectivity index is 1.76. The van der Waals surface area contributed by atoms with Crippen molar-refractivity contribution in [3.05, 3.63) is 47.5 Å². The van der Waals surface area contributed by atoms with Crippen LogP contribution in [0.5, 0.6) is 0 Å². The number of Topliss-reactive ketones (excluding diaryl/α,β-unsaturated/α-hetero) is 1. The Kier molecular flexibility index (Phi) is 3.70. The number of benzene rings is 1. The standard InChI is InChI=1S/C15H14N4OS/c1-9-3-4-11(5-10(9)2)12(20)6-21-15-13-14(17-7-16-13)18-8-19-15/h3-5,7-8H,6H2,1-2H3,(H,16,17,18,19). The van der Waals surface area contributed by atoms with E-state index in [1.54, 1.807) is 6.33 Å². The largest absolute Gasteiger partial charge is 0.341 e. The van der Waals surface area contributed by atoms with Crippen LogP contribution in [0.4, 0.5) is 0 Å². The van der Waals surface area contributed by atoms with Crippen molar-refractivity contribution in [2.75, 3.05) is 5.75 Å². The van der Waals surface area contributed by atoms with Crippen LogP contribution in [-0.4, -0.2) is 31.5 Å². The summed E-state index contributed by atoms with van der Waals surface area (Å²) in [6, 6.07) is 5.78. The lowest BCUT2D eigenvalue weighted by Gasteiger charge is -2.05. The highest BCUT2D eigenvalue weighted by Gasteiger charge is 2.11. The first-order valence-corrected chi connectivity index (χ1v) is 7.51. The molecule has 0 aliphatic carbocycles. The molecule has 21 heavy (non-hydrogen) atoms. The number of imidazole rings is 1. The molecule has 2 aromatic heterocycles. The lowest BCUT2D eigenvalue weighted by atomic mass is 10.0. The molecule has 0 saturated heterocycles. The average Bonchev–Trinajstić information content (AvgIpc) is 2.96. The predicted octanol–water partition coefficient (Wildman–Crippen LogP) is 2.94. The number of nitrogens with one attached hydrogen (secondary N) is 1. The minimum absolute atomic E-state index is 0.0920. The molecule has 0 aliphatic heterocycles. The van der Waals surface area contributed by atoms with Gasteiger partial charge in [-0.1, -0.05) is 23.9 Å². The molecule has 6 heteroatoms. The molecule has 1 N–H and O–H groups in total. The van der Waals surface area contributed by atoms with Crippen molar-refractivity contribution in [1.29, 1.82) is 0 Å². The van der Waals surface area contributed by atoms with E-state index < -0.39 is 0 Å². The number of fused-ring (bicyclic) bond motifs is 1. The zero-order valence-electron chi connectivity index (χ0n) is 11.8. The van der Waals surface area contributed by atoms with Gasteiger partial charge in [0.1, 0.15) is 16.9 Å². The Morgan fingerprint density at radius 3 is 2.86 bits per heavy atom. The van der Waals surface area contributed by atoms with Crippen LogP contribution in [0.15, 0.2) is 35.9 Å². The molecule has 0 radical (unpaired) electrons. The van der Waals surface area contributed by atoms with Crippen molar-refractivity contribution in [3.63, 3.8) is 0 Å². The van der Waals surface area contributed by atoms with Gasteiger partial charge in [-0.15, -0.1) is 0 Å². The van der Waals surface area contributed by atoms with Crippen molar-refractivity contribution in [2.45, 2.75) is 18.9 Å². The van der Waals surface area contributed by atoms with Gasteiger partial charge in [-0.25, -0.2) is 15.0 Å². The normalized spacial score (nSPS) is 11.0. The number of aryl methyl sites for hydroxylation is 2. The van der Waals surface area contributed by atoms with E-state index in [0.29, 0.717) is 11.4 Å². The molecule has 3 rings (SSSR count). The van der Waals surface area contributed by atoms with E-state index in [4.69, 9.17) is 0 Å². The number of aromatic nitrogens is 4. The first kappa shape index (κ1) is 13.8. The van der Waals surface area contributed by atoms with E-state index in [1.165, 1.54) is 23.7 Å². The SMILES string of the molecule is Cc1ccc(C(=O)CSc2ncnc3nc[nH]c23)cc1C. The number of nitrogens with zero attached hydrogens (tertiary/aromatic N) is 3. The smallest absolute Gasteiger partial charge is 0.181 e. The molecule has 106 valence electrons. The number of carbonyl (C=O) groups excluding carboxylic acids is 1. The van der Waals surface area contributed by atoms with Gasteiger partial charge >= 0.3 is 0 Å². The lowest BCUT2D eigenvalue weighted by molar-refractivity contribution is 0.102. The monoisotopic (exact) mass is 298 g/mol. The fourth-order valence-electron chi connectivity index (χ4n) is 1.98. The minimum Gasteiger partial charge on any atom is -0.341 e. The third-order valence-corrected chi connectivity index (χ3v) is 4.35. The van der Waals surface area contributed by atoms with Gasteiger partial charge in [0.25, 0.3) is 0 Å². The van der Waals surface area contributed by atoms with Crippen molar-refractivity contribution in [1.82, 2.24) is 19.9 Å². The molecule has 1 aromatic carbocycles. The Bertz CT molecular complexity index is 812. The molecule has 0 bridgehead atoms. The van der Waals surface area contributed by atoms with E-state index in [0.717, 1.165) is 21.7 Å². The van der Waals surface area contributed by atoms with Crippen LogP contribution >= 0.6 is 11.8 Å². The summed E-state index contributed by atoms with van der Waals surface area (Å²) < 4.78 is 0. The Hall–Kier alpha value is -2.21. The van der Waals surface area contributed by atoms with Gasteiger partial charge in [0.05, 0.1) is 12.1 Å². The second-order valence-corrected chi connectivity index (χ2v) is 5.75. The molecule has 0 spiro atoms. The van der Waals surface area contributed by atoms with Crippen molar-refractivity contribution < 1.29 is 4.79 Å². The number of rotatable bonds is 4. The van der Waals surface area contributed by atoms with Crippen molar-refractivity contribution >= 4 is 28.7 Å². The maximum Gasteiger partial charge on any atom is 0.181 e. The second-order valence-electron chi connectivity index (χ2n) is 4.79. The second kappa shape index (κ2) is 5.65. The summed E-state index contributed by atoms with van der Waals surface area (Å²) in [7, 11) is 0. The van der Waals surface area contributed by atoms with Gasteiger partial charge in [0.2, 0.25) is 0 Å². The van der Waals surface area contributed by atoms with Gasteiger partial charge in [-0.2, -0.15) is 0 Å². The number of aromatic amines is 1. The molecule has 0 fully saturated rings. The van der Waals surface area contributed by atoms with Crippen LogP contribution in [0.2, 0.25) is 0 Å². The first-order valence-electron chi connectivity index (χ1n) is 6.52. The first-order chi connectivity index (χ1) is 10.1. The summed E-state index contributed by atoms with van der Waals surface area (Å²) in [5.74, 6) is 0.433. The molecule has 0 amide bonds. The van der Waals surface area contributed by atoms with Crippen LogP contribution in [-0.2, 0) is 0 Å². The summed E-state index contributed by atoms with van der Waals surface area (Å²) in [6.45, 7) is 4.05. The molecule has 0 atom stereocenters. The van der Waals surface area contributed by atoms with Gasteiger partial charge < -0.3 is 4.98 Å². The van der Waals surface area contributed by atoms with E-state index in [2.05, 4.69) is 19.9 Å². The van der Waals surface area contributed by atoms with Gasteiger partial charge in [0.15, 0.2) is 11.4 Å². The molecule has 0 saturated carbocycles. The number of hydrogen-bond acceptors (Lipinski definition) is 5. The molecular weight excluding hydrogens is 284 g/mol. The quantitative estimate of drug-likeness (QED) is 0.455. The summed E-state index contributed by atoms with van der Waals surface area (Å²) in [4.78, 5) is 27.6. The van der Waals surface area contributed by atoms with Gasteiger partial charge in [-0.05, 0) is 31.0 Å². The molecule has 2 heterocycles. The van der Waals surface area contributed by atoms with E-state index in [1.807, 2.05) is 32.0 Å². The van der Waals surface area contributed by atoms with E-state index >= 15 is 0 Å². The Labute approximate surface area is 126 Å². The van der Waals surface area contributed by atoms with Crippen molar-refractivity contribution in [2.24, 2.45) is 0 Å². The highest BCUT2D eigenvalue weighted by molar-refractivity contribution is 8.00. The van der Waals surface area contributed by atoms with Crippen LogP contribution in [0.1, 0.15) is 21.5 Å². The third kappa shape index (κ3) is 2.80. The summed E-state index contributed by atoms with van der Waals surface area (Å²) in [5, 5.41) is 0.745. The number of hydrogen-bond donors (Lipinski definition) is 1. The van der Waals surface area contributed by atoms with Crippen LogP contribution < -0.4 is 0 Å². The van der Waals surface area contributed by atoms with Crippen LogP contribution in [0.25, 0.3) is 11.2 Å². The van der Waals surface area contributed by atoms with Crippen molar-refractivity contribution in [3.8, 4) is 0 Å². The summed E-state index contributed by atoms with van der Waals surface area (Å²) in [6.07, 6.45) is 3.04. The topological polar surface area (TPSA) is 71.5 Å². The average molecular weight is 298 g/mol. The van der Waals surface area contributed by atoms with Gasteiger partial charge in [0, 0.05) is 5.56 Å². The van der Waals surface area contributed by atoms with Crippen LogP contribution in [0.3, 0.4) is 0 Å². The fourth-order valence-corrected chi connectivity index (χ4v) is 2.84. The van der Waals surface area contributed by atoms with E-state index in [-0.39, 0.29) is 5.78 Å². The highest BCUT2D eigenvalue weighted by Crippen LogP contribution is 2.23. The lowest BCUT2D eigenvalue weighted by Crippen LogP contribution is -2.03. The summed E-state index contributed by atoms with van der Waals surface area (Å²) >= 11 is 1.40. The number of H-pyrrole nitrogens is 1. The minimum atomic E-state index is 0.0920. The zero-order chi connectivity index (χ0) is 14.8. The number of carbonyl (C=O) groups is 1. The molecule has 0 aliphatic rings. The highest BCUT2D eigenvalue weighted by atomic mass is 32.2. The maximum atomic E-state index is 12.3. The fraction of sp³-hybridized carbons (Fsp3) is 0.200. The van der Waals surface area contributed by atoms with E-state index in [9.17, 15) is 4.79 Å². The molecule has 5 nitrogen and oxygen atoms in total. The number of ketones is 1. The molecule has 3 aromatic rings. The molecule has 0 unspecified atom stereocenters. The maximum absolute atomic E-state index is 12.3. The van der Waals surface area contributed by atoms with Gasteiger partial charge in [-0.3, -0.25) is 4.79 Å². The number of thioether (sulfide) groups is 1. The predicted molar refractivity (Wildman–Crippen MR) is 82.7 cm³/mol. The summed E-state index contributed by atoms with van der Waals surface area (Å²) in [5.41, 5.74) is 4.44. The Morgan fingerprint density at radius 1 is 1.19 bits per heavy atom.